The Hall–Kier alpha value is -0.520. The number of hydrogen-bond donors (Lipinski definition) is 0. The van der Waals surface area contributed by atoms with Gasteiger partial charge >= 0.3 is 15.2 Å². The van der Waals surface area contributed by atoms with Gasteiger partial charge in [-0.05, 0) is 40.3 Å². The van der Waals surface area contributed by atoms with Gasteiger partial charge in [-0.25, -0.2) is 0 Å². The maximum Gasteiger partial charge on any atom is 0.352 e. The molecule has 9 heteroatoms. The quantitative estimate of drug-likeness (QED) is 0.421. The highest BCUT2D eigenvalue weighted by Crippen LogP contribution is 2.63. The molecule has 0 aliphatic heterocycles. The van der Waals surface area contributed by atoms with Crippen LogP contribution in [-0.4, -0.2) is 44.7 Å². The second-order valence-corrected chi connectivity index (χ2v) is 9.61. The maximum absolute atomic E-state index is 13.5. The van der Waals surface area contributed by atoms with E-state index in [2.05, 4.69) is 0 Å². The lowest BCUT2D eigenvalue weighted by Gasteiger charge is -2.34. The normalized spacial score (nSPS) is 13.9. The van der Waals surface area contributed by atoms with Gasteiger partial charge in [-0.2, -0.15) is 0 Å². The van der Waals surface area contributed by atoms with Gasteiger partial charge in [0.05, 0.1) is 26.4 Å². The van der Waals surface area contributed by atoms with Gasteiger partial charge < -0.3 is 18.1 Å². The molecular formula is C17H31NO6P2. The first-order chi connectivity index (χ1) is 12.4. The van der Waals surface area contributed by atoms with Crippen molar-refractivity contribution in [1.82, 2.24) is 4.90 Å². The highest BCUT2D eigenvalue weighted by Gasteiger charge is 2.42. The summed E-state index contributed by atoms with van der Waals surface area (Å²) in [5.74, 6) is -0.724. The Morgan fingerprint density at radius 2 is 1.31 bits per heavy atom. The Balaban J connectivity index is 3.27. The Bertz CT molecular complexity index is 593. The van der Waals surface area contributed by atoms with Gasteiger partial charge in [-0.1, -0.05) is 30.3 Å². The monoisotopic (exact) mass is 407 g/mol. The predicted molar refractivity (Wildman–Crippen MR) is 104 cm³/mol. The second kappa shape index (κ2) is 11.4. The van der Waals surface area contributed by atoms with E-state index < -0.39 is 21.0 Å². The van der Waals surface area contributed by atoms with Crippen LogP contribution < -0.4 is 0 Å². The molecule has 0 heterocycles. The van der Waals surface area contributed by atoms with Crippen LogP contribution in [0.25, 0.3) is 0 Å². The number of nitrogens with zero attached hydrogens (tertiary/aromatic N) is 1. The lowest BCUT2D eigenvalue weighted by molar-refractivity contribution is 0.170. The molecule has 0 bridgehead atoms. The Labute approximate surface area is 157 Å². The fourth-order valence-corrected chi connectivity index (χ4v) is 6.75. The summed E-state index contributed by atoms with van der Waals surface area (Å²) in [7, 11) is -5.19. The van der Waals surface area contributed by atoms with E-state index in [-0.39, 0.29) is 32.7 Å². The smallest absolute Gasteiger partial charge is 0.308 e. The van der Waals surface area contributed by atoms with Crippen molar-refractivity contribution in [3.05, 3.63) is 35.9 Å². The molecule has 1 aromatic carbocycles. The van der Waals surface area contributed by atoms with Crippen molar-refractivity contribution in [2.75, 3.05) is 39.8 Å². The van der Waals surface area contributed by atoms with Crippen LogP contribution in [0.5, 0.6) is 0 Å². The summed E-state index contributed by atoms with van der Waals surface area (Å²) in [5, 5.41) is 0. The summed E-state index contributed by atoms with van der Waals surface area (Å²) in [6.45, 7) is 8.03. The van der Waals surface area contributed by atoms with Crippen LogP contribution >= 0.6 is 15.2 Å². The minimum atomic E-state index is -3.54. The van der Waals surface area contributed by atoms with E-state index in [0.717, 1.165) is 5.56 Å². The minimum absolute atomic E-state index is 0.0294. The van der Waals surface area contributed by atoms with Crippen molar-refractivity contribution in [2.24, 2.45) is 0 Å². The van der Waals surface area contributed by atoms with Crippen molar-refractivity contribution in [1.29, 1.82) is 0 Å². The zero-order chi connectivity index (χ0) is 19.6. The van der Waals surface area contributed by atoms with Gasteiger partial charge in [0.15, 0.2) is 0 Å². The zero-order valence-electron chi connectivity index (χ0n) is 16.3. The molecule has 0 saturated carbocycles. The van der Waals surface area contributed by atoms with Crippen molar-refractivity contribution in [2.45, 2.75) is 33.5 Å². The van der Waals surface area contributed by atoms with Crippen LogP contribution in [0.1, 0.15) is 39.0 Å². The molecule has 7 nitrogen and oxygen atoms in total. The summed E-state index contributed by atoms with van der Waals surface area (Å²) >= 11 is 0. The molecule has 0 aliphatic carbocycles. The first kappa shape index (κ1) is 23.5. The maximum atomic E-state index is 13.5. The summed E-state index contributed by atoms with van der Waals surface area (Å²) in [4.78, 5) is 1.67. The van der Waals surface area contributed by atoms with Crippen molar-refractivity contribution in [3.8, 4) is 0 Å². The lowest BCUT2D eigenvalue weighted by Crippen LogP contribution is -2.28. The van der Waals surface area contributed by atoms with Gasteiger partial charge in [-0.15, -0.1) is 0 Å². The van der Waals surface area contributed by atoms with E-state index in [1.165, 1.54) is 0 Å². The van der Waals surface area contributed by atoms with E-state index in [1.807, 2.05) is 30.3 Å². The summed E-state index contributed by atoms with van der Waals surface area (Å²) in [6, 6.07) is 9.26. The molecule has 150 valence electrons. The SMILES string of the molecule is CCOP(=O)(CN(C)C(c1ccccc1)P(=O)(OCC)OCC)OCC. The van der Waals surface area contributed by atoms with Gasteiger partial charge in [0.1, 0.15) is 12.1 Å². The lowest BCUT2D eigenvalue weighted by atomic mass is 10.2. The molecule has 0 aromatic heterocycles. The van der Waals surface area contributed by atoms with Crippen molar-refractivity contribution < 1.29 is 27.2 Å². The van der Waals surface area contributed by atoms with Crippen LogP contribution in [0.2, 0.25) is 0 Å². The highest BCUT2D eigenvalue weighted by atomic mass is 31.2. The predicted octanol–water partition coefficient (Wildman–Crippen LogP) is 5.11. The minimum Gasteiger partial charge on any atom is -0.308 e. The van der Waals surface area contributed by atoms with Gasteiger partial charge in [-0.3, -0.25) is 14.0 Å². The topological polar surface area (TPSA) is 74.3 Å². The van der Waals surface area contributed by atoms with Crippen LogP contribution in [0.15, 0.2) is 30.3 Å². The molecule has 1 aromatic rings. The average molecular weight is 407 g/mol. The Morgan fingerprint density at radius 3 is 1.73 bits per heavy atom. The third-order valence-corrected chi connectivity index (χ3v) is 8.10. The first-order valence-corrected chi connectivity index (χ1v) is 12.2. The number of benzene rings is 1. The molecule has 1 unspecified atom stereocenters. The summed E-state index contributed by atoms with van der Waals surface area (Å²) in [6.07, 6.45) is -0.0294. The molecular weight excluding hydrogens is 376 g/mol. The molecule has 26 heavy (non-hydrogen) atoms. The zero-order valence-corrected chi connectivity index (χ0v) is 18.1. The molecule has 0 spiro atoms. The Morgan fingerprint density at radius 1 is 0.846 bits per heavy atom. The van der Waals surface area contributed by atoms with Gasteiger partial charge in [0.25, 0.3) is 0 Å². The fraction of sp³-hybridized carbons (Fsp3) is 0.647. The van der Waals surface area contributed by atoms with Crippen molar-refractivity contribution in [3.63, 3.8) is 0 Å². The van der Waals surface area contributed by atoms with Crippen molar-refractivity contribution >= 4 is 15.2 Å². The largest absolute Gasteiger partial charge is 0.352 e. The second-order valence-electron chi connectivity index (χ2n) is 5.50. The van der Waals surface area contributed by atoms with Gasteiger partial charge in [0.2, 0.25) is 0 Å². The molecule has 0 amide bonds. The van der Waals surface area contributed by atoms with E-state index in [9.17, 15) is 9.13 Å². The van der Waals surface area contributed by atoms with E-state index >= 15 is 0 Å². The molecule has 1 rings (SSSR count). The number of hydrogen-bond acceptors (Lipinski definition) is 7. The van der Waals surface area contributed by atoms with Crippen LogP contribution in [-0.2, 0) is 27.2 Å². The summed E-state index contributed by atoms with van der Waals surface area (Å²) in [5.41, 5.74) is 0.750. The average Bonchev–Trinajstić information content (AvgIpc) is 2.56. The van der Waals surface area contributed by atoms with E-state index in [1.54, 1.807) is 39.6 Å². The van der Waals surface area contributed by atoms with Crippen LogP contribution in [0.3, 0.4) is 0 Å². The van der Waals surface area contributed by atoms with Gasteiger partial charge in [0, 0.05) is 0 Å². The molecule has 0 fully saturated rings. The fourth-order valence-electron chi connectivity index (χ4n) is 2.70. The molecule has 0 N–H and O–H groups in total. The first-order valence-electron chi connectivity index (χ1n) is 8.87. The Kier molecular flexibility index (Phi) is 10.3. The summed E-state index contributed by atoms with van der Waals surface area (Å²) < 4.78 is 48.3. The molecule has 0 radical (unpaired) electrons. The third kappa shape index (κ3) is 6.58. The van der Waals surface area contributed by atoms with E-state index in [4.69, 9.17) is 18.1 Å². The van der Waals surface area contributed by atoms with E-state index in [0.29, 0.717) is 0 Å². The highest BCUT2D eigenvalue weighted by molar-refractivity contribution is 7.55. The molecule has 1 atom stereocenters. The molecule has 0 aliphatic rings. The number of rotatable bonds is 13. The third-order valence-electron chi connectivity index (χ3n) is 3.48. The molecule has 0 saturated heterocycles. The standard InChI is InChI=1S/C17H31NO6P2/c1-6-21-25(19,22-7-2)15-18(5)17(16-13-11-10-12-14-16)26(20,23-8-3)24-9-4/h10-14,17H,6-9,15H2,1-5H3. The van der Waals surface area contributed by atoms with Crippen LogP contribution in [0, 0.1) is 0 Å². The van der Waals surface area contributed by atoms with Crippen LogP contribution in [0.4, 0.5) is 0 Å².